The minimum atomic E-state index is -1.06. The van der Waals surface area contributed by atoms with Crippen molar-refractivity contribution in [2.45, 2.75) is 207 Å². The van der Waals surface area contributed by atoms with Crippen molar-refractivity contribution in [1.82, 2.24) is 0 Å². The molecule has 73 heavy (non-hydrogen) atoms. The predicted octanol–water partition coefficient (Wildman–Crippen LogP) is 16.1. The summed E-state index contributed by atoms with van der Waals surface area (Å²) in [4.78, 5) is 73.9. The number of benzene rings is 2. The third-order valence-corrected chi connectivity index (χ3v) is 12.6. The highest BCUT2D eigenvalue weighted by molar-refractivity contribution is 6.37. The summed E-state index contributed by atoms with van der Waals surface area (Å²) in [6.07, 6.45) is 30.7. The van der Waals surface area contributed by atoms with E-state index in [9.17, 15) is 34.1 Å². The van der Waals surface area contributed by atoms with E-state index in [1.54, 1.807) is 0 Å². The van der Waals surface area contributed by atoms with E-state index in [2.05, 4.69) is 38.2 Å². The number of nitro groups is 1. The first-order valence-corrected chi connectivity index (χ1v) is 27.5. The Balaban J connectivity index is 1.80. The van der Waals surface area contributed by atoms with E-state index in [1.165, 1.54) is 87.8 Å². The van der Waals surface area contributed by atoms with Crippen LogP contribution in [0, 0.1) is 22.0 Å². The van der Waals surface area contributed by atoms with Gasteiger partial charge in [0, 0.05) is 37.8 Å². The lowest BCUT2D eigenvalue weighted by molar-refractivity contribution is -0.384. The van der Waals surface area contributed by atoms with Crippen molar-refractivity contribution < 1.29 is 57.3 Å². The molecule has 0 saturated heterocycles. The average Bonchev–Trinajstić information content (AvgIpc) is 3.35. The molecule has 0 fully saturated rings. The number of unbranched alkanes of at least 4 members (excludes halogenated alkanes) is 16. The van der Waals surface area contributed by atoms with Crippen LogP contribution in [-0.2, 0) is 44.7 Å². The third kappa shape index (κ3) is 32.8. The molecule has 408 valence electrons. The molecule has 0 radical (unpaired) electrons. The molecule has 0 bridgehead atoms. The van der Waals surface area contributed by atoms with Crippen molar-refractivity contribution in [2.75, 3.05) is 13.2 Å². The molecule has 0 aliphatic rings. The molecule has 0 spiro atoms. The van der Waals surface area contributed by atoms with Crippen LogP contribution < -0.4 is 9.47 Å². The summed E-state index contributed by atoms with van der Waals surface area (Å²) in [5, 5.41) is 10.9. The van der Waals surface area contributed by atoms with Gasteiger partial charge in [-0.15, -0.1) is 0 Å². The maximum atomic E-state index is 13.2. The number of allylic oxidation sites excluding steroid dienone is 4. The van der Waals surface area contributed by atoms with Gasteiger partial charge >= 0.3 is 30.0 Å². The summed E-state index contributed by atoms with van der Waals surface area (Å²) in [5.74, 6) is -2.10. The van der Waals surface area contributed by atoms with E-state index < -0.39 is 29.1 Å². The number of nitro benzene ring substituents is 1. The molecule has 2 rings (SSSR count). The van der Waals surface area contributed by atoms with Gasteiger partial charge in [-0.2, -0.15) is 0 Å². The highest BCUT2D eigenvalue weighted by Gasteiger charge is 2.23. The number of carbonyl (C=O) groups is 5. The summed E-state index contributed by atoms with van der Waals surface area (Å²) in [6, 6.07) is 7.74. The molecule has 16 heteroatoms. The molecule has 0 aliphatic carbocycles. The Kier molecular flexibility index (Phi) is 35.5. The van der Waals surface area contributed by atoms with Crippen LogP contribution in [0.5, 0.6) is 11.5 Å². The van der Waals surface area contributed by atoms with Gasteiger partial charge in [0.25, 0.3) is 5.69 Å². The first-order chi connectivity index (χ1) is 35.2. The number of hydrogen-bond acceptors (Lipinski definition) is 13. The normalized spacial score (nSPS) is 12.6. The zero-order valence-corrected chi connectivity index (χ0v) is 45.5. The van der Waals surface area contributed by atoms with E-state index in [4.69, 9.17) is 51.6 Å². The molecule has 0 saturated carbocycles. The standard InChI is InChI=1S/C57H83Cl2NO13/c1-5-7-9-11-13-15-17-18-20-22-24-26-28-30-53(62)69-43-49(42-68-52(61)29-27-25-23-21-19-16-14-12-10-8-6-2)71-54(63)37-44(3)31-32-45(4)38-55(64)73-56-50(58)39-46(40-51(56)59)41-70-57(65)72-48-35-33-47(34-36-48)60(66)67/h11-14,33-36,39-40,44-45,49H,5-10,15-32,37-38,41-43H2,1-4H3/b13-11-,14-12-. The Morgan fingerprint density at radius 3 is 1.48 bits per heavy atom. The van der Waals surface area contributed by atoms with Gasteiger partial charge in [-0.25, -0.2) is 4.79 Å². The van der Waals surface area contributed by atoms with Gasteiger partial charge in [-0.3, -0.25) is 29.3 Å². The quantitative estimate of drug-likeness (QED) is 0.00896. The molecule has 3 unspecified atom stereocenters. The van der Waals surface area contributed by atoms with Crippen molar-refractivity contribution in [2.24, 2.45) is 11.8 Å². The van der Waals surface area contributed by atoms with Crippen LogP contribution in [0.25, 0.3) is 0 Å². The number of rotatable bonds is 41. The maximum absolute atomic E-state index is 13.2. The van der Waals surface area contributed by atoms with Crippen molar-refractivity contribution in [3.63, 3.8) is 0 Å². The number of halogens is 2. The number of ether oxygens (including phenoxy) is 6. The predicted molar refractivity (Wildman–Crippen MR) is 286 cm³/mol. The SMILES string of the molecule is CCCC/C=C\CCCCCCCCCC(=O)OCC(COC(=O)CCCCCCC/C=C\CCCC)OC(=O)CC(C)CCC(C)CC(=O)Oc1c(Cl)cc(COC(=O)Oc2ccc([N+](=O)[O-])cc2)cc1Cl. The van der Waals surface area contributed by atoms with Crippen LogP contribution >= 0.6 is 23.2 Å². The Morgan fingerprint density at radius 1 is 0.575 bits per heavy atom. The molecule has 0 heterocycles. The first kappa shape index (κ1) is 64.2. The smallest absolute Gasteiger partial charge is 0.462 e. The van der Waals surface area contributed by atoms with Crippen LogP contribution in [0.4, 0.5) is 10.5 Å². The summed E-state index contributed by atoms with van der Waals surface area (Å²) >= 11 is 12.8. The molecule has 2 aromatic carbocycles. The fraction of sp³-hybridized carbons (Fsp3) is 0.632. The maximum Gasteiger partial charge on any atom is 0.514 e. The molecule has 0 amide bonds. The topological polar surface area (TPSA) is 184 Å². The van der Waals surface area contributed by atoms with Crippen LogP contribution in [0.2, 0.25) is 10.0 Å². The fourth-order valence-corrected chi connectivity index (χ4v) is 8.26. The minimum Gasteiger partial charge on any atom is -0.462 e. The minimum absolute atomic E-state index is 0.0154. The van der Waals surface area contributed by atoms with Gasteiger partial charge in [-0.05, 0) is 106 Å². The Bertz CT molecular complexity index is 1950. The van der Waals surface area contributed by atoms with E-state index in [0.29, 0.717) is 31.2 Å². The highest BCUT2D eigenvalue weighted by Crippen LogP contribution is 2.35. The second kappa shape index (κ2) is 40.4. The van der Waals surface area contributed by atoms with Gasteiger partial charge < -0.3 is 28.4 Å². The van der Waals surface area contributed by atoms with Crippen LogP contribution in [0.1, 0.15) is 200 Å². The second-order valence-corrected chi connectivity index (χ2v) is 19.8. The van der Waals surface area contributed by atoms with E-state index in [1.807, 2.05) is 13.8 Å². The summed E-state index contributed by atoms with van der Waals surface area (Å²) < 4.78 is 32.4. The van der Waals surface area contributed by atoms with Gasteiger partial charge in [0.1, 0.15) is 25.6 Å². The highest BCUT2D eigenvalue weighted by atomic mass is 35.5. The van der Waals surface area contributed by atoms with Crippen LogP contribution in [-0.4, -0.2) is 54.3 Å². The summed E-state index contributed by atoms with van der Waals surface area (Å²) in [7, 11) is 0. The monoisotopic (exact) mass is 1060 g/mol. The molecule has 3 atom stereocenters. The van der Waals surface area contributed by atoms with E-state index in [0.717, 1.165) is 64.2 Å². The van der Waals surface area contributed by atoms with Crippen molar-refractivity contribution in [3.8, 4) is 11.5 Å². The van der Waals surface area contributed by atoms with Gasteiger partial charge in [0.2, 0.25) is 0 Å². The molecule has 14 nitrogen and oxygen atoms in total. The number of esters is 4. The number of carbonyl (C=O) groups excluding carboxylic acids is 5. The molecule has 0 aliphatic heterocycles. The number of nitrogens with zero attached hydrogens (tertiary/aromatic N) is 1. The fourth-order valence-electron chi connectivity index (χ4n) is 7.65. The molecular formula is C57H83Cl2NO13. The molecule has 2 aromatic rings. The molecule has 0 aromatic heterocycles. The lowest BCUT2D eigenvalue weighted by atomic mass is 9.94. The van der Waals surface area contributed by atoms with E-state index >= 15 is 0 Å². The Morgan fingerprint density at radius 2 is 1.01 bits per heavy atom. The van der Waals surface area contributed by atoms with E-state index in [-0.39, 0.29) is 96.5 Å². The number of non-ortho nitro benzene ring substituents is 1. The molecular weight excluding hydrogens is 978 g/mol. The Hall–Kier alpha value is -4.95. The van der Waals surface area contributed by atoms with Crippen LogP contribution in [0.3, 0.4) is 0 Å². The van der Waals surface area contributed by atoms with Crippen molar-refractivity contribution in [3.05, 3.63) is 86.4 Å². The second-order valence-electron chi connectivity index (χ2n) is 19.0. The lowest BCUT2D eigenvalue weighted by Gasteiger charge is -2.20. The van der Waals surface area contributed by atoms with Gasteiger partial charge in [0.05, 0.1) is 15.0 Å². The third-order valence-electron chi connectivity index (χ3n) is 12.0. The van der Waals surface area contributed by atoms with Crippen LogP contribution in [0.15, 0.2) is 60.7 Å². The zero-order chi connectivity index (χ0) is 53.5. The summed E-state index contributed by atoms with van der Waals surface area (Å²) in [6.45, 7) is 7.48. The lowest BCUT2D eigenvalue weighted by Crippen LogP contribution is -2.31. The van der Waals surface area contributed by atoms with Gasteiger partial charge in [-0.1, -0.05) is 152 Å². The van der Waals surface area contributed by atoms with Gasteiger partial charge in [0.15, 0.2) is 11.9 Å². The first-order valence-electron chi connectivity index (χ1n) is 26.8. The Labute approximate surface area is 444 Å². The largest absolute Gasteiger partial charge is 0.514 e. The van der Waals surface area contributed by atoms with Crippen molar-refractivity contribution >= 4 is 58.9 Å². The average molecular weight is 1060 g/mol. The van der Waals surface area contributed by atoms with Crippen molar-refractivity contribution in [1.29, 1.82) is 0 Å². The zero-order valence-electron chi connectivity index (χ0n) is 44.0. The summed E-state index contributed by atoms with van der Waals surface area (Å²) in [5.41, 5.74) is 0.222. The molecule has 0 N–H and O–H groups in total. The number of hydrogen-bond donors (Lipinski definition) is 0.